The van der Waals surface area contributed by atoms with Crippen LogP contribution < -0.4 is 18.9 Å². The van der Waals surface area contributed by atoms with Gasteiger partial charge in [0.2, 0.25) is 0 Å². The van der Waals surface area contributed by atoms with E-state index < -0.39 is 0 Å². The van der Waals surface area contributed by atoms with Crippen LogP contribution in [0.5, 0.6) is 0 Å². The van der Waals surface area contributed by atoms with E-state index in [0.717, 1.165) is 20.4 Å². The molecule has 0 unspecified atom stereocenters. The van der Waals surface area contributed by atoms with Crippen LogP contribution in [0, 0.1) is 0 Å². The van der Waals surface area contributed by atoms with E-state index in [1.54, 1.807) is 0 Å². The maximum atomic E-state index is 8.25. The zero-order chi connectivity index (χ0) is 2.00. The van der Waals surface area contributed by atoms with Crippen LogP contribution in [0.1, 0.15) is 1.43 Å². The molecule has 0 N–H and O–H groups in total. The van der Waals surface area contributed by atoms with Gasteiger partial charge in [0.25, 0.3) is 0 Å². The summed E-state index contributed by atoms with van der Waals surface area (Å²) in [6.07, 6.45) is 0. The Labute approximate surface area is 86.8 Å². The first-order chi connectivity index (χ1) is 1.00. The fraction of sp³-hybridized carbons (Fsp3) is 0. The second-order valence-corrected chi connectivity index (χ2v) is 0. The normalized spacial score (nSPS) is 0.600. The first kappa shape index (κ1) is 25.7. The van der Waals surface area contributed by atoms with Gasteiger partial charge in [0.15, 0.2) is 0 Å². The molecule has 1 radical (unpaired) electrons. The maximum absolute atomic E-state index is 8.25. The van der Waals surface area contributed by atoms with E-state index in [9.17, 15) is 0 Å². The summed E-state index contributed by atoms with van der Waals surface area (Å²) >= 11 is 0.750. The first-order valence-corrected chi connectivity index (χ1v) is 0.842. The molecule has 0 rings (SSSR count). The van der Waals surface area contributed by atoms with Crippen molar-refractivity contribution in [3.05, 3.63) is 0 Å². The fourth-order valence-corrected chi connectivity index (χ4v) is 0. The molecule has 0 heterocycles. The van der Waals surface area contributed by atoms with Gasteiger partial charge in [0.05, 0.1) is 0 Å². The van der Waals surface area contributed by atoms with Crippen LogP contribution in [-0.4, -0.2) is 0 Å². The second kappa shape index (κ2) is 30.9. The molecule has 0 aliphatic carbocycles. The van der Waals surface area contributed by atoms with Crippen LogP contribution in [0.15, 0.2) is 0 Å². The molecule has 1 nitrogen and oxygen atoms in total. The third-order valence-electron chi connectivity index (χ3n) is 0. The summed E-state index contributed by atoms with van der Waals surface area (Å²) in [5, 5.41) is 0. The summed E-state index contributed by atoms with van der Waals surface area (Å²) in [5.74, 6) is 0. The van der Waals surface area contributed by atoms with Gasteiger partial charge >= 0.3 is 42.6 Å². The van der Waals surface area contributed by atoms with Crippen molar-refractivity contribution in [1.29, 1.82) is 0 Å². The van der Waals surface area contributed by atoms with E-state index >= 15 is 0 Å². The standard InChI is InChI=1S/Li.Nb.O.2Ti.H/q+1;;;;;-1. The molecule has 0 aromatic carbocycles. The molecule has 0 amide bonds. The molecule has 5 heavy (non-hydrogen) atoms. The molecule has 0 aromatic rings. The van der Waals surface area contributed by atoms with Crippen LogP contribution in [0.25, 0.3) is 0 Å². The number of rotatable bonds is 0. The van der Waals surface area contributed by atoms with Crippen molar-refractivity contribution in [3.63, 3.8) is 0 Å². The number of hydrogen-bond acceptors (Lipinski definition) is 1. The van der Waals surface area contributed by atoms with Crippen molar-refractivity contribution in [1.82, 2.24) is 0 Å². The minimum absolute atomic E-state index is 0. The SMILES string of the molecule is [H-].[Li+].[Nb].[O]=[Ti].[Ti]. The van der Waals surface area contributed by atoms with E-state index in [2.05, 4.69) is 0 Å². The Balaban J connectivity index is -0.000000000833. The van der Waals surface area contributed by atoms with Crippen molar-refractivity contribution in [2.75, 3.05) is 0 Å². The first-order valence-electron chi connectivity index (χ1n) is 0.204. The minimum atomic E-state index is 0. The molecule has 5 heteroatoms. The van der Waals surface area contributed by atoms with Crippen LogP contribution in [0.2, 0.25) is 0 Å². The molecule has 0 atom stereocenters. The molecule has 0 fully saturated rings. The topological polar surface area (TPSA) is 17.1 Å². The van der Waals surface area contributed by atoms with Crippen molar-refractivity contribution < 1.29 is 88.1 Å². The molecular formula is HLiNbOTi2. The summed E-state index contributed by atoms with van der Waals surface area (Å²) in [5.41, 5.74) is 0. The largest absolute Gasteiger partial charge is 0 e. The Kier molecular flexibility index (Phi) is 158. The Hall–Kier alpha value is 2.57. The third kappa shape index (κ3) is 20.8. The predicted octanol–water partition coefficient (Wildman–Crippen LogP) is -3.01. The van der Waals surface area contributed by atoms with Crippen LogP contribution >= 0.6 is 0 Å². The third-order valence-corrected chi connectivity index (χ3v) is 0. The quantitative estimate of drug-likeness (QED) is 0.391. The second-order valence-electron chi connectivity index (χ2n) is 0. The average molecular weight is 213 g/mol. The summed E-state index contributed by atoms with van der Waals surface area (Å²) in [6, 6.07) is 0. The smallest absolute Gasteiger partial charge is 0 e. The van der Waals surface area contributed by atoms with Gasteiger partial charge in [-0.25, -0.2) is 0 Å². The van der Waals surface area contributed by atoms with Gasteiger partial charge in [0, 0.05) is 44.1 Å². The molecule has 0 aliphatic heterocycles. The van der Waals surface area contributed by atoms with Crippen LogP contribution in [-0.2, 0) is 67.8 Å². The zero-order valence-corrected chi connectivity index (χ0v) is 8.18. The van der Waals surface area contributed by atoms with Gasteiger partial charge in [-0.2, -0.15) is 0 Å². The minimum Gasteiger partial charge on any atom is 0 e. The van der Waals surface area contributed by atoms with E-state index in [0.29, 0.717) is 0 Å². The van der Waals surface area contributed by atoms with Crippen molar-refractivity contribution in [2.45, 2.75) is 0 Å². The number of hydrogen-bond donors (Lipinski definition) is 0. The zero-order valence-electron chi connectivity index (χ0n) is 3.86. The van der Waals surface area contributed by atoms with E-state index in [1.807, 2.05) is 0 Å². The molecule has 0 saturated carbocycles. The molecule has 0 saturated heterocycles. The van der Waals surface area contributed by atoms with E-state index in [4.69, 9.17) is 3.32 Å². The summed E-state index contributed by atoms with van der Waals surface area (Å²) in [7, 11) is 0. The van der Waals surface area contributed by atoms with Gasteiger partial charge in [-0.05, 0) is 0 Å². The molecular weight excluding hydrogens is 212 g/mol. The van der Waals surface area contributed by atoms with Gasteiger partial charge in [-0.15, -0.1) is 0 Å². The molecule has 0 bridgehead atoms. The van der Waals surface area contributed by atoms with Gasteiger partial charge in [-0.3, -0.25) is 0 Å². The van der Waals surface area contributed by atoms with Gasteiger partial charge < -0.3 is 1.43 Å². The molecule has 0 spiro atoms. The van der Waals surface area contributed by atoms with Crippen LogP contribution in [0.4, 0.5) is 0 Å². The average Bonchev–Trinajstić information content (AvgIpc) is 1.00. The van der Waals surface area contributed by atoms with Gasteiger partial charge in [-0.1, -0.05) is 0 Å². The Bertz CT molecular complexity index is 13.5. The maximum Gasteiger partial charge on any atom is 0 e. The van der Waals surface area contributed by atoms with Crippen molar-refractivity contribution in [3.8, 4) is 0 Å². The predicted molar refractivity (Wildman–Crippen MR) is 1.80 cm³/mol. The van der Waals surface area contributed by atoms with E-state index in [1.165, 1.54) is 0 Å². The Morgan fingerprint density at radius 3 is 1.40 bits per heavy atom. The monoisotopic (exact) mass is 213 g/mol. The Morgan fingerprint density at radius 1 is 1.40 bits per heavy atom. The van der Waals surface area contributed by atoms with Crippen LogP contribution in [0.3, 0.4) is 0 Å². The summed E-state index contributed by atoms with van der Waals surface area (Å²) in [6.45, 7) is 0. The van der Waals surface area contributed by atoms with Gasteiger partial charge in [0.1, 0.15) is 0 Å². The molecule has 0 aromatic heterocycles. The Morgan fingerprint density at radius 2 is 1.40 bits per heavy atom. The molecule has 21 valence electrons. The van der Waals surface area contributed by atoms with E-state index in [-0.39, 0.29) is 64.4 Å². The fourth-order valence-electron chi connectivity index (χ4n) is 0. The summed E-state index contributed by atoms with van der Waals surface area (Å²) in [4.78, 5) is 0. The molecule has 0 aliphatic rings. The summed E-state index contributed by atoms with van der Waals surface area (Å²) < 4.78 is 8.25. The van der Waals surface area contributed by atoms with Crippen molar-refractivity contribution in [2.24, 2.45) is 0 Å². The van der Waals surface area contributed by atoms with Crippen molar-refractivity contribution >= 4 is 0 Å².